The molecule has 0 aromatic heterocycles. The third-order valence-corrected chi connectivity index (χ3v) is 3.28. The first-order valence-corrected chi connectivity index (χ1v) is 6.60. The van der Waals surface area contributed by atoms with Crippen LogP contribution < -0.4 is 5.32 Å². The van der Waals surface area contributed by atoms with E-state index in [1.807, 2.05) is 0 Å². The van der Waals surface area contributed by atoms with E-state index in [1.54, 1.807) is 0 Å². The third kappa shape index (κ3) is 6.16. The van der Waals surface area contributed by atoms with Gasteiger partial charge in [0.1, 0.15) is 0 Å². The summed E-state index contributed by atoms with van der Waals surface area (Å²) >= 11 is 0. The van der Waals surface area contributed by atoms with E-state index in [9.17, 15) is 0 Å². The van der Waals surface area contributed by atoms with Crippen LogP contribution in [0, 0.1) is 5.92 Å². The molecule has 0 spiro atoms. The van der Waals surface area contributed by atoms with Crippen molar-refractivity contribution in [2.45, 2.75) is 52.0 Å². The SMILES string of the molecule is CC(C)CCN(C)CC1CCCCCN1. The molecule has 0 aromatic carbocycles. The smallest absolute Gasteiger partial charge is 0.0194 e. The maximum absolute atomic E-state index is 3.66. The molecule has 15 heavy (non-hydrogen) atoms. The van der Waals surface area contributed by atoms with Gasteiger partial charge in [-0.05, 0) is 45.3 Å². The highest BCUT2D eigenvalue weighted by Crippen LogP contribution is 2.09. The monoisotopic (exact) mass is 212 g/mol. The van der Waals surface area contributed by atoms with E-state index in [4.69, 9.17) is 0 Å². The van der Waals surface area contributed by atoms with Crippen molar-refractivity contribution in [2.24, 2.45) is 5.92 Å². The van der Waals surface area contributed by atoms with Gasteiger partial charge in [0.2, 0.25) is 0 Å². The molecular weight excluding hydrogens is 184 g/mol. The molecule has 0 amide bonds. The van der Waals surface area contributed by atoms with Crippen molar-refractivity contribution >= 4 is 0 Å². The number of rotatable bonds is 5. The molecule has 1 rings (SSSR count). The fraction of sp³-hybridized carbons (Fsp3) is 1.00. The van der Waals surface area contributed by atoms with E-state index in [2.05, 4.69) is 31.1 Å². The fourth-order valence-corrected chi connectivity index (χ4v) is 2.20. The third-order valence-electron chi connectivity index (χ3n) is 3.28. The van der Waals surface area contributed by atoms with E-state index in [0.717, 1.165) is 12.0 Å². The van der Waals surface area contributed by atoms with Gasteiger partial charge in [0, 0.05) is 12.6 Å². The first-order valence-electron chi connectivity index (χ1n) is 6.60. The molecule has 0 saturated carbocycles. The van der Waals surface area contributed by atoms with Crippen molar-refractivity contribution in [1.29, 1.82) is 0 Å². The number of hydrogen-bond donors (Lipinski definition) is 1. The highest BCUT2D eigenvalue weighted by molar-refractivity contribution is 4.73. The van der Waals surface area contributed by atoms with Gasteiger partial charge in [-0.25, -0.2) is 0 Å². The summed E-state index contributed by atoms with van der Waals surface area (Å²) in [5.74, 6) is 0.828. The van der Waals surface area contributed by atoms with Crippen LogP contribution in [0.15, 0.2) is 0 Å². The molecule has 1 fully saturated rings. The first kappa shape index (κ1) is 13.0. The van der Waals surface area contributed by atoms with Crippen molar-refractivity contribution in [3.8, 4) is 0 Å². The van der Waals surface area contributed by atoms with Gasteiger partial charge in [-0.1, -0.05) is 26.7 Å². The molecule has 0 bridgehead atoms. The molecular formula is C13H28N2. The topological polar surface area (TPSA) is 15.3 Å². The fourth-order valence-electron chi connectivity index (χ4n) is 2.20. The molecule has 2 heteroatoms. The second-order valence-electron chi connectivity index (χ2n) is 5.45. The Labute approximate surface area is 95.4 Å². The lowest BCUT2D eigenvalue weighted by atomic mass is 10.1. The van der Waals surface area contributed by atoms with Crippen LogP contribution >= 0.6 is 0 Å². The average molecular weight is 212 g/mol. The quantitative estimate of drug-likeness (QED) is 0.753. The number of nitrogens with zero attached hydrogens (tertiary/aromatic N) is 1. The Kier molecular flexibility index (Phi) is 6.26. The van der Waals surface area contributed by atoms with E-state index < -0.39 is 0 Å². The summed E-state index contributed by atoms with van der Waals surface area (Å²) in [5, 5.41) is 3.66. The molecule has 1 N–H and O–H groups in total. The molecule has 0 aromatic rings. The van der Waals surface area contributed by atoms with Gasteiger partial charge in [0.15, 0.2) is 0 Å². The summed E-state index contributed by atoms with van der Waals surface area (Å²) < 4.78 is 0. The Balaban J connectivity index is 2.14. The van der Waals surface area contributed by atoms with Crippen molar-refractivity contribution in [1.82, 2.24) is 10.2 Å². The molecule has 1 aliphatic heterocycles. The Morgan fingerprint density at radius 3 is 2.80 bits per heavy atom. The lowest BCUT2D eigenvalue weighted by Gasteiger charge is -2.24. The lowest BCUT2D eigenvalue weighted by Crippen LogP contribution is -2.39. The summed E-state index contributed by atoms with van der Waals surface area (Å²) in [4.78, 5) is 2.49. The molecule has 2 nitrogen and oxygen atoms in total. The average Bonchev–Trinajstić information content (AvgIpc) is 2.43. The van der Waals surface area contributed by atoms with Crippen LogP contribution in [-0.2, 0) is 0 Å². The minimum atomic E-state index is 0.740. The highest BCUT2D eigenvalue weighted by atomic mass is 15.1. The van der Waals surface area contributed by atoms with Crippen LogP contribution in [0.4, 0.5) is 0 Å². The van der Waals surface area contributed by atoms with Crippen LogP contribution in [0.3, 0.4) is 0 Å². The van der Waals surface area contributed by atoms with E-state index in [1.165, 1.54) is 51.7 Å². The molecule has 1 atom stereocenters. The second-order valence-corrected chi connectivity index (χ2v) is 5.45. The van der Waals surface area contributed by atoms with E-state index in [-0.39, 0.29) is 0 Å². The van der Waals surface area contributed by atoms with Crippen LogP contribution in [-0.4, -0.2) is 37.6 Å². The molecule has 1 unspecified atom stereocenters. The van der Waals surface area contributed by atoms with Gasteiger partial charge in [0.25, 0.3) is 0 Å². The highest BCUT2D eigenvalue weighted by Gasteiger charge is 2.13. The maximum atomic E-state index is 3.66. The molecule has 0 aliphatic carbocycles. The predicted octanol–water partition coefficient (Wildman–Crippen LogP) is 2.50. The van der Waals surface area contributed by atoms with Crippen LogP contribution in [0.2, 0.25) is 0 Å². The van der Waals surface area contributed by atoms with Crippen LogP contribution in [0.1, 0.15) is 46.0 Å². The normalized spacial score (nSPS) is 23.4. The van der Waals surface area contributed by atoms with Gasteiger partial charge < -0.3 is 10.2 Å². The molecule has 90 valence electrons. The number of nitrogens with one attached hydrogen (secondary N) is 1. The zero-order chi connectivity index (χ0) is 11.1. The Hall–Kier alpha value is -0.0800. The summed E-state index contributed by atoms with van der Waals surface area (Å²) in [7, 11) is 2.26. The Morgan fingerprint density at radius 2 is 2.07 bits per heavy atom. The maximum Gasteiger partial charge on any atom is 0.0194 e. The minimum Gasteiger partial charge on any atom is -0.313 e. The summed E-state index contributed by atoms with van der Waals surface area (Å²) in [6, 6.07) is 0.740. The number of likely N-dealkylation sites (N-methyl/N-ethyl adjacent to an activating group) is 1. The summed E-state index contributed by atoms with van der Waals surface area (Å²) in [5.41, 5.74) is 0. The van der Waals surface area contributed by atoms with Crippen molar-refractivity contribution < 1.29 is 0 Å². The summed E-state index contributed by atoms with van der Waals surface area (Å²) in [6.07, 6.45) is 6.89. The van der Waals surface area contributed by atoms with Crippen LogP contribution in [0.25, 0.3) is 0 Å². The zero-order valence-corrected chi connectivity index (χ0v) is 10.8. The Morgan fingerprint density at radius 1 is 1.27 bits per heavy atom. The molecule has 1 saturated heterocycles. The van der Waals surface area contributed by atoms with Crippen molar-refractivity contribution in [2.75, 3.05) is 26.7 Å². The van der Waals surface area contributed by atoms with Gasteiger partial charge in [-0.15, -0.1) is 0 Å². The molecule has 1 heterocycles. The predicted molar refractivity (Wildman–Crippen MR) is 67.2 cm³/mol. The number of hydrogen-bond acceptors (Lipinski definition) is 2. The van der Waals surface area contributed by atoms with E-state index in [0.29, 0.717) is 0 Å². The second kappa shape index (κ2) is 7.24. The molecule has 0 radical (unpaired) electrons. The minimum absolute atomic E-state index is 0.740. The standard InChI is InChI=1S/C13H28N2/c1-12(2)8-10-15(3)11-13-7-5-4-6-9-14-13/h12-14H,4-11H2,1-3H3. The van der Waals surface area contributed by atoms with Gasteiger partial charge >= 0.3 is 0 Å². The van der Waals surface area contributed by atoms with Crippen molar-refractivity contribution in [3.05, 3.63) is 0 Å². The largest absolute Gasteiger partial charge is 0.313 e. The first-order chi connectivity index (χ1) is 7.18. The van der Waals surface area contributed by atoms with Crippen molar-refractivity contribution in [3.63, 3.8) is 0 Å². The lowest BCUT2D eigenvalue weighted by molar-refractivity contribution is 0.270. The summed E-state index contributed by atoms with van der Waals surface area (Å²) in [6.45, 7) is 8.31. The van der Waals surface area contributed by atoms with Crippen LogP contribution in [0.5, 0.6) is 0 Å². The van der Waals surface area contributed by atoms with Gasteiger partial charge in [0.05, 0.1) is 0 Å². The van der Waals surface area contributed by atoms with Gasteiger partial charge in [-0.3, -0.25) is 0 Å². The molecule has 1 aliphatic rings. The van der Waals surface area contributed by atoms with Gasteiger partial charge in [-0.2, -0.15) is 0 Å². The Bertz CT molecular complexity index is 149. The zero-order valence-electron chi connectivity index (χ0n) is 10.8. The van der Waals surface area contributed by atoms with E-state index >= 15 is 0 Å².